The lowest BCUT2D eigenvalue weighted by atomic mass is 10.2. The van der Waals surface area contributed by atoms with Crippen molar-refractivity contribution in [2.24, 2.45) is 0 Å². The molecule has 1 aromatic heterocycles. The van der Waals surface area contributed by atoms with E-state index in [9.17, 15) is 4.39 Å². The SMILES string of the molecule is COc1ccc2nc(OC)c(F)cc2c1. The molecule has 0 amide bonds. The lowest BCUT2D eigenvalue weighted by Crippen LogP contribution is -1.93. The molecule has 3 nitrogen and oxygen atoms in total. The number of fused-ring (bicyclic) bond motifs is 1. The van der Waals surface area contributed by atoms with Crippen molar-refractivity contribution in [1.82, 2.24) is 4.98 Å². The fraction of sp³-hybridized carbons (Fsp3) is 0.182. The van der Waals surface area contributed by atoms with Crippen molar-refractivity contribution >= 4 is 10.9 Å². The van der Waals surface area contributed by atoms with Crippen LogP contribution in [0.5, 0.6) is 11.6 Å². The minimum absolute atomic E-state index is 0.00710. The Hall–Kier alpha value is -1.84. The van der Waals surface area contributed by atoms with Gasteiger partial charge in [-0.25, -0.2) is 9.37 Å². The number of benzene rings is 1. The lowest BCUT2D eigenvalue weighted by Gasteiger charge is -2.04. The Kier molecular flexibility index (Phi) is 2.41. The molecule has 1 aromatic carbocycles. The monoisotopic (exact) mass is 207 g/mol. The molecule has 0 spiro atoms. The molecule has 0 aliphatic rings. The van der Waals surface area contributed by atoms with Crippen LogP contribution in [0.1, 0.15) is 0 Å². The first-order chi connectivity index (χ1) is 7.24. The fourth-order valence-electron chi connectivity index (χ4n) is 1.38. The molecule has 0 radical (unpaired) electrons. The van der Waals surface area contributed by atoms with Crippen LogP contribution in [-0.2, 0) is 0 Å². The Labute approximate surface area is 86.5 Å². The normalized spacial score (nSPS) is 10.3. The van der Waals surface area contributed by atoms with Gasteiger partial charge in [0.25, 0.3) is 5.88 Å². The van der Waals surface area contributed by atoms with E-state index in [-0.39, 0.29) is 5.88 Å². The molecule has 0 bridgehead atoms. The van der Waals surface area contributed by atoms with Crippen molar-refractivity contribution in [2.75, 3.05) is 14.2 Å². The zero-order valence-corrected chi connectivity index (χ0v) is 8.45. The molecule has 0 saturated carbocycles. The molecular weight excluding hydrogens is 197 g/mol. The highest BCUT2D eigenvalue weighted by atomic mass is 19.1. The number of ether oxygens (including phenoxy) is 2. The number of pyridine rings is 1. The van der Waals surface area contributed by atoms with Gasteiger partial charge in [-0.3, -0.25) is 0 Å². The number of methoxy groups -OCH3 is 2. The average molecular weight is 207 g/mol. The largest absolute Gasteiger partial charge is 0.497 e. The maximum Gasteiger partial charge on any atom is 0.250 e. The first-order valence-corrected chi connectivity index (χ1v) is 4.43. The topological polar surface area (TPSA) is 31.4 Å². The molecular formula is C11H10FNO2. The van der Waals surface area contributed by atoms with Gasteiger partial charge in [0.05, 0.1) is 19.7 Å². The molecule has 4 heteroatoms. The van der Waals surface area contributed by atoms with Crippen molar-refractivity contribution in [3.8, 4) is 11.6 Å². The summed E-state index contributed by atoms with van der Waals surface area (Å²) in [5, 5.41) is 0.688. The smallest absolute Gasteiger partial charge is 0.250 e. The predicted octanol–water partition coefficient (Wildman–Crippen LogP) is 2.39. The molecule has 0 aliphatic carbocycles. The molecule has 15 heavy (non-hydrogen) atoms. The number of aromatic nitrogens is 1. The van der Waals surface area contributed by atoms with E-state index in [4.69, 9.17) is 9.47 Å². The molecule has 0 aliphatic heterocycles. The van der Waals surface area contributed by atoms with Crippen LogP contribution in [0.25, 0.3) is 10.9 Å². The zero-order chi connectivity index (χ0) is 10.8. The van der Waals surface area contributed by atoms with Gasteiger partial charge in [-0.15, -0.1) is 0 Å². The van der Waals surface area contributed by atoms with Gasteiger partial charge in [-0.05, 0) is 24.3 Å². The Morgan fingerprint density at radius 3 is 2.60 bits per heavy atom. The van der Waals surface area contributed by atoms with E-state index in [1.807, 2.05) is 0 Å². The van der Waals surface area contributed by atoms with Gasteiger partial charge in [0, 0.05) is 5.39 Å². The number of rotatable bonds is 2. The number of hydrogen-bond donors (Lipinski definition) is 0. The predicted molar refractivity (Wildman–Crippen MR) is 54.8 cm³/mol. The van der Waals surface area contributed by atoms with E-state index in [2.05, 4.69) is 4.98 Å². The van der Waals surface area contributed by atoms with E-state index in [1.165, 1.54) is 13.2 Å². The van der Waals surface area contributed by atoms with Gasteiger partial charge in [-0.2, -0.15) is 0 Å². The minimum atomic E-state index is -0.474. The van der Waals surface area contributed by atoms with Crippen LogP contribution in [-0.4, -0.2) is 19.2 Å². The quantitative estimate of drug-likeness (QED) is 0.757. The van der Waals surface area contributed by atoms with Gasteiger partial charge >= 0.3 is 0 Å². The molecule has 78 valence electrons. The number of halogens is 1. The summed E-state index contributed by atoms with van der Waals surface area (Å²) in [7, 11) is 2.95. The Morgan fingerprint density at radius 1 is 1.13 bits per heavy atom. The molecule has 0 fully saturated rings. The van der Waals surface area contributed by atoms with E-state index < -0.39 is 5.82 Å². The fourth-order valence-corrected chi connectivity index (χ4v) is 1.38. The van der Waals surface area contributed by atoms with Gasteiger partial charge in [0.2, 0.25) is 0 Å². The summed E-state index contributed by atoms with van der Waals surface area (Å²) >= 11 is 0. The molecule has 0 saturated heterocycles. The van der Waals surface area contributed by atoms with Crippen LogP contribution in [0, 0.1) is 5.82 Å². The standard InChI is InChI=1S/C11H10FNO2/c1-14-8-3-4-10-7(5-8)6-9(12)11(13-10)15-2/h3-6H,1-2H3. The van der Waals surface area contributed by atoms with E-state index in [0.29, 0.717) is 16.7 Å². The molecule has 0 atom stereocenters. The van der Waals surface area contributed by atoms with Gasteiger partial charge < -0.3 is 9.47 Å². The molecule has 2 rings (SSSR count). The maximum absolute atomic E-state index is 13.3. The third-order valence-electron chi connectivity index (χ3n) is 2.14. The van der Waals surface area contributed by atoms with Crippen molar-refractivity contribution in [2.45, 2.75) is 0 Å². The molecule has 0 unspecified atom stereocenters. The second-order valence-corrected chi connectivity index (χ2v) is 3.04. The van der Waals surface area contributed by atoms with Gasteiger partial charge in [0.1, 0.15) is 5.75 Å². The highest BCUT2D eigenvalue weighted by Crippen LogP contribution is 2.24. The average Bonchev–Trinajstić information content (AvgIpc) is 2.27. The van der Waals surface area contributed by atoms with Gasteiger partial charge in [-0.1, -0.05) is 0 Å². The minimum Gasteiger partial charge on any atom is -0.497 e. The molecule has 2 aromatic rings. The maximum atomic E-state index is 13.3. The summed E-state index contributed by atoms with van der Waals surface area (Å²) in [6.07, 6.45) is 0. The van der Waals surface area contributed by atoms with Crippen LogP contribution in [0.3, 0.4) is 0 Å². The van der Waals surface area contributed by atoms with Crippen molar-refractivity contribution in [3.05, 3.63) is 30.1 Å². The summed E-state index contributed by atoms with van der Waals surface area (Å²) in [5.41, 5.74) is 0.675. The molecule has 1 heterocycles. The van der Waals surface area contributed by atoms with Crippen molar-refractivity contribution in [1.29, 1.82) is 0 Å². The summed E-state index contributed by atoms with van der Waals surface area (Å²) in [5.74, 6) is 0.208. The van der Waals surface area contributed by atoms with Crippen molar-refractivity contribution < 1.29 is 13.9 Å². The van der Waals surface area contributed by atoms with E-state index in [1.54, 1.807) is 25.3 Å². The number of hydrogen-bond acceptors (Lipinski definition) is 3. The van der Waals surface area contributed by atoms with Gasteiger partial charge in [0.15, 0.2) is 5.82 Å². The van der Waals surface area contributed by atoms with E-state index >= 15 is 0 Å². The second-order valence-electron chi connectivity index (χ2n) is 3.04. The lowest BCUT2D eigenvalue weighted by molar-refractivity contribution is 0.371. The Balaban J connectivity index is 2.65. The first kappa shape index (κ1) is 9.71. The van der Waals surface area contributed by atoms with Crippen LogP contribution >= 0.6 is 0 Å². The third-order valence-corrected chi connectivity index (χ3v) is 2.14. The number of nitrogens with zero attached hydrogens (tertiary/aromatic N) is 1. The Morgan fingerprint density at radius 2 is 1.93 bits per heavy atom. The second kappa shape index (κ2) is 3.73. The summed E-state index contributed by atoms with van der Waals surface area (Å²) in [6.45, 7) is 0. The Bertz CT molecular complexity index is 499. The third kappa shape index (κ3) is 1.70. The van der Waals surface area contributed by atoms with Crippen LogP contribution in [0.15, 0.2) is 24.3 Å². The van der Waals surface area contributed by atoms with Crippen LogP contribution in [0.2, 0.25) is 0 Å². The van der Waals surface area contributed by atoms with Crippen molar-refractivity contribution in [3.63, 3.8) is 0 Å². The summed E-state index contributed by atoms with van der Waals surface area (Å²) < 4.78 is 23.2. The first-order valence-electron chi connectivity index (χ1n) is 4.43. The van der Waals surface area contributed by atoms with Crippen LogP contribution in [0.4, 0.5) is 4.39 Å². The zero-order valence-electron chi connectivity index (χ0n) is 8.45. The highest BCUT2D eigenvalue weighted by Gasteiger charge is 2.06. The summed E-state index contributed by atoms with van der Waals surface area (Å²) in [4.78, 5) is 4.02. The highest BCUT2D eigenvalue weighted by molar-refractivity contribution is 5.80. The molecule has 0 N–H and O–H groups in total. The van der Waals surface area contributed by atoms with Crippen LogP contribution < -0.4 is 9.47 Å². The van der Waals surface area contributed by atoms with E-state index in [0.717, 1.165) is 0 Å². The summed E-state index contributed by atoms with van der Waals surface area (Å²) in [6, 6.07) is 6.64.